The first kappa shape index (κ1) is 27.7. The summed E-state index contributed by atoms with van der Waals surface area (Å²) in [5.41, 5.74) is 1.66. The Morgan fingerprint density at radius 1 is 1.03 bits per heavy atom. The van der Waals surface area contributed by atoms with E-state index in [1.807, 2.05) is 0 Å². The first-order chi connectivity index (χ1) is 18.6. The van der Waals surface area contributed by atoms with Crippen molar-refractivity contribution in [2.45, 2.75) is 20.5 Å². The molecule has 0 aromatic heterocycles. The Balaban J connectivity index is 1.65. The number of hydrogen-bond donors (Lipinski definition) is 2. The molecule has 0 radical (unpaired) electrons. The third-order valence-corrected chi connectivity index (χ3v) is 6.50. The highest BCUT2D eigenvalue weighted by Gasteiger charge is 2.37. The second kappa shape index (κ2) is 11.6. The van der Waals surface area contributed by atoms with Gasteiger partial charge in [0.2, 0.25) is 0 Å². The number of halogens is 2. The number of urea groups is 1. The minimum atomic E-state index is -1.03. The molecule has 1 aliphatic rings. The number of hydrogen-bond acceptors (Lipinski definition) is 6. The molecule has 0 bridgehead atoms. The first-order valence-electron chi connectivity index (χ1n) is 11.7. The summed E-state index contributed by atoms with van der Waals surface area (Å²) >= 11 is 12.7. The number of carbonyl (C=O) groups excluding carboxylic acids is 3. The molecule has 0 aliphatic carbocycles. The van der Waals surface area contributed by atoms with Gasteiger partial charge in [0.05, 0.1) is 22.9 Å². The second-order valence-corrected chi connectivity index (χ2v) is 9.21. The summed E-state index contributed by atoms with van der Waals surface area (Å²) in [7, 11) is 0. The number of ether oxygens (including phenoxy) is 2. The van der Waals surface area contributed by atoms with E-state index in [1.54, 1.807) is 50.2 Å². The fourth-order valence-electron chi connectivity index (χ4n) is 3.85. The summed E-state index contributed by atoms with van der Waals surface area (Å²) < 4.78 is 11.6. The van der Waals surface area contributed by atoms with Crippen LogP contribution >= 0.6 is 23.2 Å². The molecule has 1 fully saturated rings. The molecule has 0 spiro atoms. The van der Waals surface area contributed by atoms with Gasteiger partial charge in [-0.05, 0) is 73.0 Å². The van der Waals surface area contributed by atoms with Crippen LogP contribution in [0.2, 0.25) is 10.0 Å². The Labute approximate surface area is 233 Å². The van der Waals surface area contributed by atoms with Crippen LogP contribution in [-0.4, -0.2) is 35.5 Å². The van der Waals surface area contributed by atoms with E-state index < -0.39 is 23.8 Å². The number of carboxylic acids is 1. The van der Waals surface area contributed by atoms with Crippen LogP contribution in [0.15, 0.2) is 60.2 Å². The maximum Gasteiger partial charge on any atom is 0.335 e. The smallest absolute Gasteiger partial charge is 0.335 e. The number of carbonyl (C=O) groups is 4. The van der Waals surface area contributed by atoms with Gasteiger partial charge < -0.3 is 14.6 Å². The lowest BCUT2D eigenvalue weighted by molar-refractivity contribution is -0.122. The van der Waals surface area contributed by atoms with E-state index in [0.29, 0.717) is 21.7 Å². The van der Waals surface area contributed by atoms with Crippen molar-refractivity contribution in [1.29, 1.82) is 0 Å². The predicted molar refractivity (Wildman–Crippen MR) is 146 cm³/mol. The minimum Gasteiger partial charge on any atom is -0.490 e. The van der Waals surface area contributed by atoms with Crippen molar-refractivity contribution in [2.24, 2.45) is 0 Å². The van der Waals surface area contributed by atoms with Gasteiger partial charge in [0, 0.05) is 5.02 Å². The number of anilines is 1. The fraction of sp³-hybridized carbons (Fsp3) is 0.143. The third kappa shape index (κ3) is 5.89. The Morgan fingerprint density at radius 3 is 2.41 bits per heavy atom. The number of nitrogens with one attached hydrogen (secondary N) is 1. The maximum atomic E-state index is 13.3. The van der Waals surface area contributed by atoms with Gasteiger partial charge in [-0.15, -0.1) is 0 Å². The zero-order chi connectivity index (χ0) is 28.3. The molecular weight excluding hydrogens is 547 g/mol. The molecule has 0 atom stereocenters. The van der Waals surface area contributed by atoms with E-state index in [1.165, 1.54) is 24.3 Å². The quantitative estimate of drug-likeness (QED) is 0.266. The predicted octanol–water partition coefficient (Wildman–Crippen LogP) is 5.64. The van der Waals surface area contributed by atoms with Crippen LogP contribution < -0.4 is 19.7 Å². The van der Waals surface area contributed by atoms with Crippen molar-refractivity contribution in [2.75, 3.05) is 11.5 Å². The van der Waals surface area contributed by atoms with Crippen molar-refractivity contribution in [3.63, 3.8) is 0 Å². The monoisotopic (exact) mass is 568 g/mol. The number of aromatic carboxylic acids is 1. The summed E-state index contributed by atoms with van der Waals surface area (Å²) in [6, 6.07) is 13.1. The van der Waals surface area contributed by atoms with E-state index in [0.717, 1.165) is 4.90 Å². The van der Waals surface area contributed by atoms with E-state index in [2.05, 4.69) is 5.32 Å². The van der Waals surface area contributed by atoms with Gasteiger partial charge in [-0.2, -0.15) is 0 Å². The average molecular weight is 569 g/mol. The Morgan fingerprint density at radius 2 is 1.74 bits per heavy atom. The van der Waals surface area contributed by atoms with Crippen molar-refractivity contribution in [3.05, 3.63) is 92.5 Å². The minimum absolute atomic E-state index is 0.0804. The van der Waals surface area contributed by atoms with Gasteiger partial charge in [0.15, 0.2) is 11.5 Å². The summed E-state index contributed by atoms with van der Waals surface area (Å²) in [5.74, 6) is -2.22. The molecule has 9 nitrogen and oxygen atoms in total. The molecule has 3 aromatic rings. The Kier molecular flexibility index (Phi) is 8.23. The third-order valence-electron chi connectivity index (χ3n) is 5.81. The molecule has 1 heterocycles. The standard InChI is InChI=1S/C28H22Cl2N2O7/c1-3-38-23-13-17(12-21(30)24(23)39-14-16-7-9-18(10-8-16)27(35)36)11-19-25(33)31-28(37)32(26(19)34)22-6-4-5-20(29)15(22)2/h4-13H,3,14H2,1-2H3,(H,35,36)(H,31,33,37)/b19-11+. The van der Waals surface area contributed by atoms with Crippen molar-refractivity contribution in [1.82, 2.24) is 5.32 Å². The Hall–Kier alpha value is -4.34. The zero-order valence-electron chi connectivity index (χ0n) is 20.8. The lowest BCUT2D eigenvalue weighted by Gasteiger charge is -2.27. The van der Waals surface area contributed by atoms with Gasteiger partial charge in [-0.1, -0.05) is 41.4 Å². The van der Waals surface area contributed by atoms with Crippen LogP contribution in [0.1, 0.15) is 34.0 Å². The zero-order valence-corrected chi connectivity index (χ0v) is 22.3. The molecule has 0 saturated carbocycles. The molecule has 3 aromatic carbocycles. The average Bonchev–Trinajstić information content (AvgIpc) is 2.89. The fourth-order valence-corrected chi connectivity index (χ4v) is 4.30. The summed E-state index contributed by atoms with van der Waals surface area (Å²) in [4.78, 5) is 50.4. The van der Waals surface area contributed by atoms with Crippen LogP contribution in [0.3, 0.4) is 0 Å². The second-order valence-electron chi connectivity index (χ2n) is 8.40. The molecule has 2 N–H and O–H groups in total. The summed E-state index contributed by atoms with van der Waals surface area (Å²) in [5, 5.41) is 11.7. The Bertz CT molecular complexity index is 1520. The van der Waals surface area contributed by atoms with Gasteiger partial charge in [-0.25, -0.2) is 14.5 Å². The van der Waals surface area contributed by atoms with Crippen LogP contribution in [0.5, 0.6) is 11.5 Å². The van der Waals surface area contributed by atoms with Crippen LogP contribution in [0.25, 0.3) is 6.08 Å². The van der Waals surface area contributed by atoms with Crippen LogP contribution in [-0.2, 0) is 16.2 Å². The highest BCUT2D eigenvalue weighted by molar-refractivity contribution is 6.40. The number of benzene rings is 3. The normalized spacial score (nSPS) is 14.4. The van der Waals surface area contributed by atoms with E-state index in [9.17, 15) is 19.2 Å². The van der Waals surface area contributed by atoms with E-state index in [4.69, 9.17) is 37.8 Å². The molecule has 4 amide bonds. The highest BCUT2D eigenvalue weighted by Crippen LogP contribution is 2.38. The molecule has 1 aliphatic heterocycles. The van der Waals surface area contributed by atoms with Gasteiger partial charge in [0.25, 0.3) is 11.8 Å². The van der Waals surface area contributed by atoms with Gasteiger partial charge in [0.1, 0.15) is 12.2 Å². The molecule has 4 rings (SSSR count). The van der Waals surface area contributed by atoms with Gasteiger partial charge in [-0.3, -0.25) is 14.9 Å². The molecule has 200 valence electrons. The largest absolute Gasteiger partial charge is 0.490 e. The van der Waals surface area contributed by atoms with E-state index in [-0.39, 0.29) is 46.6 Å². The SMILES string of the molecule is CCOc1cc(/C=C2\C(=O)NC(=O)N(c3cccc(Cl)c3C)C2=O)cc(Cl)c1OCc1ccc(C(=O)O)cc1. The van der Waals surface area contributed by atoms with Crippen LogP contribution in [0, 0.1) is 6.92 Å². The summed E-state index contributed by atoms with van der Waals surface area (Å²) in [6.07, 6.45) is 1.31. The number of barbiturate groups is 1. The number of carboxylic acid groups (broad SMARTS) is 1. The molecular formula is C28H22Cl2N2O7. The maximum absolute atomic E-state index is 13.3. The molecule has 11 heteroatoms. The first-order valence-corrected chi connectivity index (χ1v) is 12.4. The number of amides is 4. The molecule has 0 unspecified atom stereocenters. The lowest BCUT2D eigenvalue weighted by Crippen LogP contribution is -2.54. The van der Waals surface area contributed by atoms with E-state index >= 15 is 0 Å². The summed E-state index contributed by atoms with van der Waals surface area (Å²) in [6.45, 7) is 3.78. The van der Waals surface area contributed by atoms with Gasteiger partial charge >= 0.3 is 12.0 Å². The number of imide groups is 2. The molecule has 39 heavy (non-hydrogen) atoms. The van der Waals surface area contributed by atoms with Crippen molar-refractivity contribution >= 4 is 58.8 Å². The van der Waals surface area contributed by atoms with Crippen molar-refractivity contribution in [3.8, 4) is 11.5 Å². The van der Waals surface area contributed by atoms with Crippen molar-refractivity contribution < 1.29 is 33.8 Å². The highest BCUT2D eigenvalue weighted by atomic mass is 35.5. The molecule has 1 saturated heterocycles. The number of nitrogens with zero attached hydrogens (tertiary/aromatic N) is 1. The topological polar surface area (TPSA) is 122 Å². The lowest BCUT2D eigenvalue weighted by atomic mass is 10.1. The van der Waals surface area contributed by atoms with Crippen LogP contribution in [0.4, 0.5) is 10.5 Å². The number of rotatable bonds is 8.